The monoisotopic (exact) mass is 268 g/mol. The Balaban J connectivity index is 1.57. The molecule has 104 valence electrons. The van der Waals surface area contributed by atoms with E-state index in [1.165, 1.54) is 24.8 Å². The molecule has 1 saturated heterocycles. The highest BCUT2D eigenvalue weighted by Gasteiger charge is 2.20. The first-order valence-electron chi connectivity index (χ1n) is 7.18. The fourth-order valence-corrected chi connectivity index (χ4v) is 2.85. The van der Waals surface area contributed by atoms with Crippen molar-refractivity contribution in [3.05, 3.63) is 48.2 Å². The van der Waals surface area contributed by atoms with Gasteiger partial charge in [0.2, 0.25) is 5.95 Å². The molecule has 20 heavy (non-hydrogen) atoms. The summed E-state index contributed by atoms with van der Waals surface area (Å²) in [5, 5.41) is 0. The fraction of sp³-hybridized carbons (Fsp3) is 0.375. The van der Waals surface area contributed by atoms with Gasteiger partial charge in [0.25, 0.3) is 0 Å². The lowest BCUT2D eigenvalue weighted by molar-refractivity contribution is 0.402. The average Bonchev–Trinajstić information content (AvgIpc) is 2.49. The molecule has 1 aliphatic heterocycles. The van der Waals surface area contributed by atoms with Crippen molar-refractivity contribution >= 4 is 11.8 Å². The van der Waals surface area contributed by atoms with Crippen molar-refractivity contribution in [1.82, 2.24) is 9.97 Å². The maximum absolute atomic E-state index is 5.65. The summed E-state index contributed by atoms with van der Waals surface area (Å²) in [6.07, 6.45) is 5.33. The number of anilines is 2. The summed E-state index contributed by atoms with van der Waals surface area (Å²) < 4.78 is 0. The maximum atomic E-state index is 5.65. The molecule has 1 fully saturated rings. The van der Waals surface area contributed by atoms with Crippen LogP contribution >= 0.6 is 0 Å². The number of hydrogen-bond donors (Lipinski definition) is 1. The van der Waals surface area contributed by atoms with Crippen LogP contribution in [0.15, 0.2) is 42.6 Å². The zero-order valence-corrected chi connectivity index (χ0v) is 11.6. The Morgan fingerprint density at radius 3 is 2.55 bits per heavy atom. The van der Waals surface area contributed by atoms with Crippen molar-refractivity contribution in [3.63, 3.8) is 0 Å². The van der Waals surface area contributed by atoms with Crippen molar-refractivity contribution in [2.75, 3.05) is 23.7 Å². The number of benzene rings is 1. The number of nitrogen functional groups attached to an aromatic ring is 1. The van der Waals surface area contributed by atoms with Gasteiger partial charge < -0.3 is 10.6 Å². The molecule has 0 amide bonds. The molecule has 4 nitrogen and oxygen atoms in total. The smallest absolute Gasteiger partial charge is 0.221 e. The van der Waals surface area contributed by atoms with Crippen LogP contribution in [-0.4, -0.2) is 23.1 Å². The third kappa shape index (κ3) is 3.07. The zero-order chi connectivity index (χ0) is 13.8. The molecule has 0 bridgehead atoms. The number of aromatic nitrogens is 2. The minimum Gasteiger partial charge on any atom is -0.368 e. The average molecular weight is 268 g/mol. The van der Waals surface area contributed by atoms with E-state index in [2.05, 4.69) is 45.2 Å². The molecule has 0 unspecified atom stereocenters. The minimum absolute atomic E-state index is 0.355. The highest BCUT2D eigenvalue weighted by molar-refractivity contribution is 5.41. The molecule has 1 aliphatic rings. The van der Waals surface area contributed by atoms with E-state index in [-0.39, 0.29) is 0 Å². The molecule has 1 aromatic carbocycles. The van der Waals surface area contributed by atoms with Crippen LogP contribution in [0.5, 0.6) is 0 Å². The zero-order valence-electron chi connectivity index (χ0n) is 11.6. The molecular weight excluding hydrogens is 248 g/mol. The van der Waals surface area contributed by atoms with Gasteiger partial charge in [-0.1, -0.05) is 30.3 Å². The van der Waals surface area contributed by atoms with Crippen molar-refractivity contribution < 1.29 is 0 Å². The van der Waals surface area contributed by atoms with Gasteiger partial charge in [-0.25, -0.2) is 4.98 Å². The molecule has 0 spiro atoms. The fourth-order valence-electron chi connectivity index (χ4n) is 2.85. The maximum Gasteiger partial charge on any atom is 0.221 e. The largest absolute Gasteiger partial charge is 0.368 e. The van der Waals surface area contributed by atoms with Gasteiger partial charge >= 0.3 is 0 Å². The summed E-state index contributed by atoms with van der Waals surface area (Å²) in [5.41, 5.74) is 7.09. The lowest BCUT2D eigenvalue weighted by Gasteiger charge is -2.32. The van der Waals surface area contributed by atoms with E-state index in [1.54, 1.807) is 6.20 Å². The number of rotatable bonds is 3. The van der Waals surface area contributed by atoms with Gasteiger partial charge in [-0.05, 0) is 36.8 Å². The van der Waals surface area contributed by atoms with E-state index in [0.29, 0.717) is 5.95 Å². The van der Waals surface area contributed by atoms with Crippen LogP contribution in [0.2, 0.25) is 0 Å². The molecule has 0 radical (unpaired) electrons. The predicted molar refractivity (Wildman–Crippen MR) is 81.5 cm³/mol. The van der Waals surface area contributed by atoms with Gasteiger partial charge in [-0.15, -0.1) is 0 Å². The molecule has 0 saturated carbocycles. The van der Waals surface area contributed by atoms with Crippen LogP contribution in [-0.2, 0) is 6.42 Å². The first-order chi connectivity index (χ1) is 9.81. The highest BCUT2D eigenvalue weighted by atomic mass is 15.2. The summed E-state index contributed by atoms with van der Waals surface area (Å²) >= 11 is 0. The minimum atomic E-state index is 0.355. The topological polar surface area (TPSA) is 55.0 Å². The lowest BCUT2D eigenvalue weighted by Crippen LogP contribution is -2.35. The van der Waals surface area contributed by atoms with Crippen molar-refractivity contribution in [2.45, 2.75) is 19.3 Å². The summed E-state index contributed by atoms with van der Waals surface area (Å²) in [7, 11) is 0. The molecule has 1 aromatic heterocycles. The second-order valence-electron chi connectivity index (χ2n) is 5.39. The summed E-state index contributed by atoms with van der Waals surface area (Å²) in [6, 6.07) is 12.7. The Morgan fingerprint density at radius 2 is 1.85 bits per heavy atom. The van der Waals surface area contributed by atoms with E-state index >= 15 is 0 Å². The van der Waals surface area contributed by atoms with E-state index in [1.807, 2.05) is 6.07 Å². The molecule has 2 N–H and O–H groups in total. The van der Waals surface area contributed by atoms with E-state index in [9.17, 15) is 0 Å². The van der Waals surface area contributed by atoms with E-state index < -0.39 is 0 Å². The van der Waals surface area contributed by atoms with Crippen molar-refractivity contribution in [2.24, 2.45) is 5.92 Å². The number of nitrogens with zero attached hydrogens (tertiary/aromatic N) is 3. The van der Waals surface area contributed by atoms with Crippen molar-refractivity contribution in [1.29, 1.82) is 0 Å². The molecule has 0 aliphatic carbocycles. The van der Waals surface area contributed by atoms with Gasteiger partial charge in [0.15, 0.2) is 0 Å². The predicted octanol–water partition coefficient (Wildman–Crippen LogP) is 2.52. The van der Waals surface area contributed by atoms with Crippen LogP contribution in [0.4, 0.5) is 11.8 Å². The number of nitrogens with two attached hydrogens (primary N) is 1. The molecule has 2 aromatic rings. The third-order valence-corrected chi connectivity index (χ3v) is 3.97. The van der Waals surface area contributed by atoms with Crippen LogP contribution in [0.1, 0.15) is 18.4 Å². The van der Waals surface area contributed by atoms with E-state index in [0.717, 1.165) is 24.8 Å². The van der Waals surface area contributed by atoms with Gasteiger partial charge in [-0.3, -0.25) is 0 Å². The quantitative estimate of drug-likeness (QED) is 0.929. The Morgan fingerprint density at radius 1 is 1.10 bits per heavy atom. The number of piperidine rings is 1. The van der Waals surface area contributed by atoms with Crippen LogP contribution in [0, 0.1) is 5.92 Å². The van der Waals surface area contributed by atoms with Gasteiger partial charge in [0, 0.05) is 19.3 Å². The summed E-state index contributed by atoms with van der Waals surface area (Å²) in [4.78, 5) is 10.5. The number of hydrogen-bond acceptors (Lipinski definition) is 4. The van der Waals surface area contributed by atoms with Gasteiger partial charge in [0.05, 0.1) is 0 Å². The van der Waals surface area contributed by atoms with Gasteiger partial charge in [-0.2, -0.15) is 4.98 Å². The Kier molecular flexibility index (Phi) is 3.81. The first kappa shape index (κ1) is 12.9. The Bertz CT molecular complexity index is 547. The first-order valence-corrected chi connectivity index (χ1v) is 7.18. The van der Waals surface area contributed by atoms with Crippen molar-refractivity contribution in [3.8, 4) is 0 Å². The van der Waals surface area contributed by atoms with Gasteiger partial charge in [0.1, 0.15) is 5.82 Å². The second kappa shape index (κ2) is 5.90. The lowest BCUT2D eigenvalue weighted by atomic mass is 9.90. The SMILES string of the molecule is Nc1nccc(N2CCC(Cc3ccccc3)CC2)n1. The third-order valence-electron chi connectivity index (χ3n) is 3.97. The van der Waals surface area contributed by atoms with Crippen LogP contribution < -0.4 is 10.6 Å². The molecule has 0 atom stereocenters. The molecule has 2 heterocycles. The summed E-state index contributed by atoms with van der Waals surface area (Å²) in [6.45, 7) is 2.10. The van der Waals surface area contributed by atoms with Crippen LogP contribution in [0.3, 0.4) is 0 Å². The molecular formula is C16H20N4. The highest BCUT2D eigenvalue weighted by Crippen LogP contribution is 2.24. The Labute approximate surface area is 119 Å². The molecule has 4 heteroatoms. The normalized spacial score (nSPS) is 16.3. The Hall–Kier alpha value is -2.10. The summed E-state index contributed by atoms with van der Waals surface area (Å²) in [5.74, 6) is 2.08. The van der Waals surface area contributed by atoms with Crippen LogP contribution in [0.25, 0.3) is 0 Å². The standard InChI is InChI=1S/C16H20N4/c17-16-18-9-6-15(19-16)20-10-7-14(8-11-20)12-13-4-2-1-3-5-13/h1-6,9,14H,7-8,10-12H2,(H2,17,18,19). The van der Waals surface area contributed by atoms with E-state index in [4.69, 9.17) is 5.73 Å². The molecule has 3 rings (SSSR count). The second-order valence-corrected chi connectivity index (χ2v) is 5.39.